The average molecular weight is 171 g/mol. The van der Waals surface area contributed by atoms with Crippen molar-refractivity contribution >= 4 is 5.97 Å². The molecule has 3 nitrogen and oxygen atoms in total. The van der Waals surface area contributed by atoms with Gasteiger partial charge in [0.2, 0.25) is 0 Å². The molecule has 0 aromatic heterocycles. The molecule has 0 aromatic carbocycles. The van der Waals surface area contributed by atoms with Crippen molar-refractivity contribution in [1.29, 1.82) is 0 Å². The second-order valence-corrected chi connectivity index (χ2v) is 3.26. The van der Waals surface area contributed by atoms with E-state index in [1.54, 1.807) is 13.0 Å². The highest BCUT2D eigenvalue weighted by Gasteiger charge is 2.04. The van der Waals surface area contributed by atoms with Crippen LogP contribution in [0.1, 0.15) is 27.7 Å². The molecule has 1 unspecified atom stereocenters. The third kappa shape index (κ3) is 4.91. The van der Waals surface area contributed by atoms with Gasteiger partial charge in [-0.15, -0.1) is 0 Å². The van der Waals surface area contributed by atoms with E-state index < -0.39 is 5.97 Å². The zero-order valence-corrected chi connectivity index (χ0v) is 8.09. The first kappa shape index (κ1) is 11.2. The van der Waals surface area contributed by atoms with Crippen LogP contribution in [0.2, 0.25) is 0 Å². The predicted octanol–water partition coefficient (Wildman–Crippen LogP) is 1.40. The number of aliphatic carboxylic acids is 1. The zero-order valence-electron chi connectivity index (χ0n) is 8.09. The molecular formula is C9H17NO2. The summed E-state index contributed by atoms with van der Waals surface area (Å²) in [4.78, 5) is 10.4. The van der Waals surface area contributed by atoms with Crippen molar-refractivity contribution in [2.75, 3.05) is 0 Å². The Morgan fingerprint density at radius 2 is 1.92 bits per heavy atom. The SMILES string of the molecule is CC(=CC(C)NC(C)C)C(=O)O. The summed E-state index contributed by atoms with van der Waals surface area (Å²) in [5.74, 6) is -0.854. The molecule has 0 radical (unpaired) electrons. The highest BCUT2D eigenvalue weighted by molar-refractivity contribution is 5.85. The van der Waals surface area contributed by atoms with Crippen LogP contribution in [0.15, 0.2) is 11.6 Å². The second kappa shape index (κ2) is 4.93. The van der Waals surface area contributed by atoms with E-state index >= 15 is 0 Å². The van der Waals surface area contributed by atoms with Crippen molar-refractivity contribution in [3.05, 3.63) is 11.6 Å². The second-order valence-electron chi connectivity index (χ2n) is 3.26. The van der Waals surface area contributed by atoms with Gasteiger partial charge in [-0.2, -0.15) is 0 Å². The molecule has 12 heavy (non-hydrogen) atoms. The maximum atomic E-state index is 10.4. The lowest BCUT2D eigenvalue weighted by Crippen LogP contribution is -2.31. The molecule has 0 rings (SSSR count). The van der Waals surface area contributed by atoms with Crippen LogP contribution < -0.4 is 5.32 Å². The Kier molecular flexibility index (Phi) is 4.59. The Labute approximate surface area is 73.5 Å². The molecule has 1 atom stereocenters. The predicted molar refractivity (Wildman–Crippen MR) is 49.1 cm³/mol. The van der Waals surface area contributed by atoms with Crippen molar-refractivity contribution in [2.24, 2.45) is 0 Å². The Morgan fingerprint density at radius 3 is 2.25 bits per heavy atom. The standard InChI is InChI=1S/C9H17NO2/c1-6(2)10-8(4)5-7(3)9(11)12/h5-6,8,10H,1-4H3,(H,11,12). The number of carbonyl (C=O) groups is 1. The van der Waals surface area contributed by atoms with Crippen LogP contribution in [-0.4, -0.2) is 23.2 Å². The van der Waals surface area contributed by atoms with E-state index in [0.717, 1.165) is 0 Å². The smallest absolute Gasteiger partial charge is 0.331 e. The van der Waals surface area contributed by atoms with Crippen LogP contribution in [0, 0.1) is 0 Å². The Hall–Kier alpha value is -0.830. The van der Waals surface area contributed by atoms with Gasteiger partial charge in [-0.3, -0.25) is 0 Å². The van der Waals surface area contributed by atoms with Crippen LogP contribution in [-0.2, 0) is 4.79 Å². The fraction of sp³-hybridized carbons (Fsp3) is 0.667. The van der Waals surface area contributed by atoms with E-state index in [1.165, 1.54) is 0 Å². The van der Waals surface area contributed by atoms with Gasteiger partial charge in [0, 0.05) is 17.7 Å². The highest BCUT2D eigenvalue weighted by atomic mass is 16.4. The number of carboxylic acid groups (broad SMARTS) is 1. The Morgan fingerprint density at radius 1 is 1.42 bits per heavy atom. The van der Waals surface area contributed by atoms with Gasteiger partial charge in [0.1, 0.15) is 0 Å². The summed E-state index contributed by atoms with van der Waals surface area (Å²) in [5, 5.41) is 11.8. The minimum absolute atomic E-state index is 0.112. The summed E-state index contributed by atoms with van der Waals surface area (Å²) in [5.41, 5.74) is 0.385. The van der Waals surface area contributed by atoms with E-state index in [2.05, 4.69) is 5.32 Å². The molecule has 0 aliphatic rings. The fourth-order valence-electron chi connectivity index (χ4n) is 1.02. The lowest BCUT2D eigenvalue weighted by Gasteiger charge is -2.13. The molecule has 0 spiro atoms. The molecule has 0 aliphatic carbocycles. The topological polar surface area (TPSA) is 49.3 Å². The number of carboxylic acids is 1. The van der Waals surface area contributed by atoms with Crippen molar-refractivity contribution in [3.63, 3.8) is 0 Å². The first-order chi connectivity index (χ1) is 5.43. The normalized spacial score (nSPS) is 14.9. The first-order valence-corrected chi connectivity index (χ1v) is 4.11. The number of hydrogen-bond acceptors (Lipinski definition) is 2. The molecule has 2 N–H and O–H groups in total. The van der Waals surface area contributed by atoms with Gasteiger partial charge in [0.15, 0.2) is 0 Å². The maximum absolute atomic E-state index is 10.4. The molecule has 0 heterocycles. The summed E-state index contributed by atoms with van der Waals surface area (Å²) in [6, 6.07) is 0.485. The molecule has 3 heteroatoms. The van der Waals surface area contributed by atoms with Gasteiger partial charge in [-0.1, -0.05) is 19.9 Å². The quantitative estimate of drug-likeness (QED) is 0.629. The summed E-state index contributed by atoms with van der Waals surface area (Å²) >= 11 is 0. The molecule has 0 aliphatic heterocycles. The van der Waals surface area contributed by atoms with Crippen LogP contribution in [0.5, 0.6) is 0 Å². The average Bonchev–Trinajstić information content (AvgIpc) is 1.84. The van der Waals surface area contributed by atoms with Crippen LogP contribution in [0.4, 0.5) is 0 Å². The summed E-state index contributed by atoms with van der Waals surface area (Å²) in [6.07, 6.45) is 1.71. The Bertz CT molecular complexity index is 185. The van der Waals surface area contributed by atoms with E-state index in [9.17, 15) is 4.79 Å². The van der Waals surface area contributed by atoms with Crippen molar-refractivity contribution in [3.8, 4) is 0 Å². The van der Waals surface area contributed by atoms with Gasteiger partial charge < -0.3 is 10.4 Å². The van der Waals surface area contributed by atoms with Crippen molar-refractivity contribution in [2.45, 2.75) is 39.8 Å². The molecule has 0 fully saturated rings. The number of rotatable bonds is 4. The van der Waals surface area contributed by atoms with E-state index in [1.807, 2.05) is 20.8 Å². The van der Waals surface area contributed by atoms with Crippen molar-refractivity contribution in [1.82, 2.24) is 5.32 Å². The molecule has 0 amide bonds. The van der Waals surface area contributed by atoms with Gasteiger partial charge in [-0.25, -0.2) is 4.79 Å². The molecule has 0 saturated heterocycles. The lowest BCUT2D eigenvalue weighted by atomic mass is 10.2. The number of hydrogen-bond donors (Lipinski definition) is 2. The highest BCUT2D eigenvalue weighted by Crippen LogP contribution is 1.96. The van der Waals surface area contributed by atoms with E-state index in [0.29, 0.717) is 11.6 Å². The molecule has 0 bridgehead atoms. The minimum atomic E-state index is -0.854. The zero-order chi connectivity index (χ0) is 9.72. The van der Waals surface area contributed by atoms with Crippen molar-refractivity contribution < 1.29 is 9.90 Å². The minimum Gasteiger partial charge on any atom is -0.478 e. The third-order valence-electron chi connectivity index (χ3n) is 1.43. The molecular weight excluding hydrogens is 154 g/mol. The molecule has 0 saturated carbocycles. The van der Waals surface area contributed by atoms with E-state index in [-0.39, 0.29) is 6.04 Å². The van der Waals surface area contributed by atoms with Crippen LogP contribution in [0.25, 0.3) is 0 Å². The van der Waals surface area contributed by atoms with Crippen LogP contribution >= 0.6 is 0 Å². The third-order valence-corrected chi connectivity index (χ3v) is 1.43. The monoisotopic (exact) mass is 171 g/mol. The van der Waals surface area contributed by atoms with Gasteiger partial charge >= 0.3 is 5.97 Å². The van der Waals surface area contributed by atoms with E-state index in [4.69, 9.17) is 5.11 Å². The Balaban J connectivity index is 4.05. The summed E-state index contributed by atoms with van der Waals surface area (Å²) in [7, 11) is 0. The van der Waals surface area contributed by atoms with Gasteiger partial charge in [0.05, 0.1) is 0 Å². The fourth-order valence-corrected chi connectivity index (χ4v) is 1.02. The van der Waals surface area contributed by atoms with Gasteiger partial charge in [0.25, 0.3) is 0 Å². The van der Waals surface area contributed by atoms with Crippen LogP contribution in [0.3, 0.4) is 0 Å². The maximum Gasteiger partial charge on any atom is 0.331 e. The summed E-state index contributed by atoms with van der Waals surface area (Å²) < 4.78 is 0. The summed E-state index contributed by atoms with van der Waals surface area (Å²) in [6.45, 7) is 7.59. The first-order valence-electron chi connectivity index (χ1n) is 4.11. The number of nitrogens with one attached hydrogen (secondary N) is 1. The largest absolute Gasteiger partial charge is 0.478 e. The molecule has 70 valence electrons. The lowest BCUT2D eigenvalue weighted by molar-refractivity contribution is -0.132. The molecule has 0 aromatic rings. The van der Waals surface area contributed by atoms with Gasteiger partial charge in [-0.05, 0) is 13.8 Å².